The molecule has 94 valence electrons. The predicted octanol–water partition coefficient (Wildman–Crippen LogP) is 1.17. The summed E-state index contributed by atoms with van der Waals surface area (Å²) in [5.41, 5.74) is 1.40. The second-order valence-corrected chi connectivity index (χ2v) is 4.29. The lowest BCUT2D eigenvalue weighted by Gasteiger charge is -2.10. The molecule has 0 saturated carbocycles. The Hall–Kier alpha value is -1.93. The van der Waals surface area contributed by atoms with Gasteiger partial charge in [-0.2, -0.15) is 5.26 Å². The number of nitrogens with one attached hydrogen (secondary N) is 1. The highest BCUT2D eigenvalue weighted by Crippen LogP contribution is 2.11. The van der Waals surface area contributed by atoms with E-state index in [1.165, 1.54) is 0 Å². The van der Waals surface area contributed by atoms with E-state index >= 15 is 0 Å². The molecule has 1 fully saturated rings. The van der Waals surface area contributed by atoms with E-state index in [-0.39, 0.29) is 12.0 Å². The highest BCUT2D eigenvalue weighted by Gasteiger charge is 2.17. The van der Waals surface area contributed by atoms with Crippen LogP contribution in [-0.2, 0) is 4.74 Å². The number of carbonyl (C=O) groups excluding carboxylic acids is 1. The molecule has 18 heavy (non-hydrogen) atoms. The number of hydrogen-bond donors (Lipinski definition) is 1. The van der Waals surface area contributed by atoms with Crippen molar-refractivity contribution < 1.29 is 9.53 Å². The fourth-order valence-electron chi connectivity index (χ4n) is 1.91. The molecule has 0 unspecified atom stereocenters. The molecule has 1 saturated heterocycles. The van der Waals surface area contributed by atoms with Gasteiger partial charge in [0, 0.05) is 13.2 Å². The summed E-state index contributed by atoms with van der Waals surface area (Å²) < 4.78 is 5.42. The molecule has 1 aliphatic rings. The highest BCUT2D eigenvalue weighted by molar-refractivity contribution is 5.92. The highest BCUT2D eigenvalue weighted by atomic mass is 16.5. The van der Waals surface area contributed by atoms with Crippen molar-refractivity contribution in [3.05, 3.63) is 29.1 Å². The molecular weight excluding hydrogens is 230 g/mol. The summed E-state index contributed by atoms with van der Waals surface area (Å²) in [5.74, 6) is -0.224. The summed E-state index contributed by atoms with van der Waals surface area (Å²) in [7, 11) is 0. The molecule has 0 radical (unpaired) electrons. The van der Waals surface area contributed by atoms with Crippen molar-refractivity contribution in [2.75, 3.05) is 13.2 Å². The maximum atomic E-state index is 11.8. The Bertz CT molecular complexity index is 487. The van der Waals surface area contributed by atoms with Crippen molar-refractivity contribution in [2.24, 2.45) is 0 Å². The van der Waals surface area contributed by atoms with Crippen LogP contribution in [0.3, 0.4) is 0 Å². The summed E-state index contributed by atoms with van der Waals surface area (Å²) in [6.07, 6.45) is 2.16. The molecule has 2 heterocycles. The maximum absolute atomic E-state index is 11.8. The van der Waals surface area contributed by atoms with Gasteiger partial charge in [0.05, 0.1) is 17.4 Å². The molecule has 2 rings (SSSR count). The number of pyridine rings is 1. The van der Waals surface area contributed by atoms with E-state index in [0.717, 1.165) is 19.4 Å². The van der Waals surface area contributed by atoms with E-state index < -0.39 is 0 Å². The summed E-state index contributed by atoms with van der Waals surface area (Å²) in [5, 5.41) is 11.6. The standard InChI is InChI=1S/C13H15N3O2/c1-9-10(7-14)4-5-12(16-9)13(17)15-8-11-3-2-6-18-11/h4-5,11H,2-3,6,8H2,1H3,(H,15,17)/t11-/m0/s1. The molecule has 0 spiro atoms. The van der Waals surface area contributed by atoms with Gasteiger partial charge < -0.3 is 10.1 Å². The fraction of sp³-hybridized carbons (Fsp3) is 0.462. The van der Waals surface area contributed by atoms with Gasteiger partial charge in [-0.3, -0.25) is 4.79 Å². The van der Waals surface area contributed by atoms with Crippen LogP contribution in [0.4, 0.5) is 0 Å². The average Bonchev–Trinajstić information content (AvgIpc) is 2.89. The van der Waals surface area contributed by atoms with Crippen LogP contribution >= 0.6 is 0 Å². The van der Waals surface area contributed by atoms with Crippen molar-refractivity contribution in [3.63, 3.8) is 0 Å². The normalized spacial score (nSPS) is 18.3. The van der Waals surface area contributed by atoms with Gasteiger partial charge in [0.25, 0.3) is 5.91 Å². The van der Waals surface area contributed by atoms with Crippen molar-refractivity contribution in [3.8, 4) is 6.07 Å². The van der Waals surface area contributed by atoms with Gasteiger partial charge in [0.2, 0.25) is 0 Å². The minimum absolute atomic E-state index is 0.119. The number of aryl methyl sites for hydroxylation is 1. The molecule has 1 amide bonds. The quantitative estimate of drug-likeness (QED) is 0.867. The third-order valence-corrected chi connectivity index (χ3v) is 2.95. The number of nitrogens with zero attached hydrogens (tertiary/aromatic N) is 2. The van der Waals surface area contributed by atoms with Crippen molar-refractivity contribution >= 4 is 5.91 Å². The number of amides is 1. The summed E-state index contributed by atoms with van der Waals surface area (Å²) in [4.78, 5) is 16.0. The monoisotopic (exact) mass is 245 g/mol. The van der Waals surface area contributed by atoms with Crippen LogP contribution in [-0.4, -0.2) is 30.1 Å². The lowest BCUT2D eigenvalue weighted by Crippen LogP contribution is -2.32. The second-order valence-electron chi connectivity index (χ2n) is 4.29. The number of hydrogen-bond acceptors (Lipinski definition) is 4. The topological polar surface area (TPSA) is 75.0 Å². The second kappa shape index (κ2) is 5.61. The molecule has 5 nitrogen and oxygen atoms in total. The average molecular weight is 245 g/mol. The summed E-state index contributed by atoms with van der Waals surface area (Å²) in [6.45, 7) is 3.00. The van der Waals surface area contributed by atoms with E-state index in [4.69, 9.17) is 10.00 Å². The van der Waals surface area contributed by atoms with Gasteiger partial charge in [-0.15, -0.1) is 0 Å². The first kappa shape index (κ1) is 12.5. The van der Waals surface area contributed by atoms with E-state index in [9.17, 15) is 4.79 Å². The first-order valence-electron chi connectivity index (χ1n) is 5.98. The fourth-order valence-corrected chi connectivity index (χ4v) is 1.91. The van der Waals surface area contributed by atoms with Gasteiger partial charge in [-0.05, 0) is 31.9 Å². The smallest absolute Gasteiger partial charge is 0.269 e. The molecule has 5 heteroatoms. The minimum atomic E-state index is -0.224. The van der Waals surface area contributed by atoms with Gasteiger partial charge >= 0.3 is 0 Å². The molecule has 1 aliphatic heterocycles. The molecular formula is C13H15N3O2. The van der Waals surface area contributed by atoms with E-state index in [1.807, 2.05) is 6.07 Å². The maximum Gasteiger partial charge on any atom is 0.269 e. The lowest BCUT2D eigenvalue weighted by molar-refractivity contribution is 0.0853. The first-order valence-corrected chi connectivity index (χ1v) is 5.98. The Kier molecular flexibility index (Phi) is 3.90. The van der Waals surface area contributed by atoms with E-state index in [2.05, 4.69) is 10.3 Å². The third-order valence-electron chi connectivity index (χ3n) is 2.95. The predicted molar refractivity (Wildman–Crippen MR) is 65.0 cm³/mol. The number of ether oxygens (including phenoxy) is 1. The van der Waals surface area contributed by atoms with Crippen molar-refractivity contribution in [2.45, 2.75) is 25.9 Å². The number of carbonyl (C=O) groups is 1. The summed E-state index contributed by atoms with van der Waals surface area (Å²) >= 11 is 0. The molecule has 0 bridgehead atoms. The van der Waals surface area contributed by atoms with Crippen molar-refractivity contribution in [1.82, 2.24) is 10.3 Å². The van der Waals surface area contributed by atoms with Gasteiger partial charge in [0.15, 0.2) is 0 Å². The first-order chi connectivity index (χ1) is 8.70. The molecule has 1 atom stereocenters. The molecule has 0 aliphatic carbocycles. The van der Waals surface area contributed by atoms with E-state index in [1.54, 1.807) is 19.1 Å². The van der Waals surface area contributed by atoms with Crippen LogP contribution in [0.2, 0.25) is 0 Å². The van der Waals surface area contributed by atoms with E-state index in [0.29, 0.717) is 23.5 Å². The summed E-state index contributed by atoms with van der Waals surface area (Å²) in [6, 6.07) is 5.20. The zero-order valence-electron chi connectivity index (χ0n) is 10.3. The molecule has 1 aromatic heterocycles. The SMILES string of the molecule is Cc1nc(C(=O)NC[C@@H]2CCCO2)ccc1C#N. The Morgan fingerprint density at radius 3 is 3.11 bits per heavy atom. The van der Waals surface area contributed by atoms with Gasteiger partial charge in [0.1, 0.15) is 11.8 Å². The largest absolute Gasteiger partial charge is 0.376 e. The van der Waals surface area contributed by atoms with Crippen molar-refractivity contribution in [1.29, 1.82) is 5.26 Å². The van der Waals surface area contributed by atoms with Crippen LogP contribution in [0.1, 0.15) is 34.6 Å². The van der Waals surface area contributed by atoms with Crippen LogP contribution in [0.25, 0.3) is 0 Å². The molecule has 1 N–H and O–H groups in total. The number of nitriles is 1. The Morgan fingerprint density at radius 1 is 1.67 bits per heavy atom. The third kappa shape index (κ3) is 2.84. The van der Waals surface area contributed by atoms with Crippen LogP contribution < -0.4 is 5.32 Å². The zero-order valence-corrected chi connectivity index (χ0v) is 10.3. The van der Waals surface area contributed by atoms with Crippen LogP contribution in [0, 0.1) is 18.3 Å². The lowest BCUT2D eigenvalue weighted by atomic mass is 10.2. The Morgan fingerprint density at radius 2 is 2.50 bits per heavy atom. The number of rotatable bonds is 3. The Labute approximate surface area is 106 Å². The minimum Gasteiger partial charge on any atom is -0.376 e. The van der Waals surface area contributed by atoms with Gasteiger partial charge in [-0.1, -0.05) is 0 Å². The number of aromatic nitrogens is 1. The van der Waals surface area contributed by atoms with Gasteiger partial charge in [-0.25, -0.2) is 4.98 Å². The molecule has 1 aromatic rings. The van der Waals surface area contributed by atoms with Crippen LogP contribution in [0.5, 0.6) is 0 Å². The molecule has 0 aromatic carbocycles. The zero-order chi connectivity index (χ0) is 13.0. The van der Waals surface area contributed by atoms with Crippen LogP contribution in [0.15, 0.2) is 12.1 Å². The Balaban J connectivity index is 1.96.